The molecular formula is C21H22N2O3. The SMILES string of the molecule is C=C(c1cccc2ccccc12)c1c(CC)c(=O)[nH]c(=O)n1COCC. The fourth-order valence-corrected chi connectivity index (χ4v) is 3.21. The van der Waals surface area contributed by atoms with Crippen LogP contribution in [-0.4, -0.2) is 16.2 Å². The zero-order valence-electron chi connectivity index (χ0n) is 15.0. The number of ether oxygens (including phenoxy) is 1. The maximum absolute atomic E-state index is 12.4. The van der Waals surface area contributed by atoms with Gasteiger partial charge in [0.15, 0.2) is 0 Å². The van der Waals surface area contributed by atoms with Crippen molar-refractivity contribution in [2.45, 2.75) is 27.0 Å². The lowest BCUT2D eigenvalue weighted by atomic mass is 9.94. The Morgan fingerprint density at radius 1 is 1.12 bits per heavy atom. The fourth-order valence-electron chi connectivity index (χ4n) is 3.21. The Morgan fingerprint density at radius 2 is 1.85 bits per heavy atom. The zero-order valence-corrected chi connectivity index (χ0v) is 15.0. The van der Waals surface area contributed by atoms with Crippen molar-refractivity contribution < 1.29 is 4.74 Å². The number of H-pyrrole nitrogens is 1. The van der Waals surface area contributed by atoms with E-state index in [1.54, 1.807) is 0 Å². The summed E-state index contributed by atoms with van der Waals surface area (Å²) in [6, 6.07) is 13.9. The van der Waals surface area contributed by atoms with Crippen molar-refractivity contribution in [3.8, 4) is 0 Å². The van der Waals surface area contributed by atoms with Gasteiger partial charge in [0.1, 0.15) is 6.73 Å². The summed E-state index contributed by atoms with van der Waals surface area (Å²) in [6.45, 7) is 8.52. The zero-order chi connectivity index (χ0) is 18.7. The molecule has 134 valence electrons. The van der Waals surface area contributed by atoms with Gasteiger partial charge in [-0.05, 0) is 35.3 Å². The first-order valence-corrected chi connectivity index (χ1v) is 8.69. The highest BCUT2D eigenvalue weighted by molar-refractivity contribution is 5.97. The summed E-state index contributed by atoms with van der Waals surface area (Å²) in [6.07, 6.45) is 0.487. The summed E-state index contributed by atoms with van der Waals surface area (Å²) in [5, 5.41) is 2.10. The summed E-state index contributed by atoms with van der Waals surface area (Å²) in [4.78, 5) is 27.2. The van der Waals surface area contributed by atoms with Crippen LogP contribution in [0.3, 0.4) is 0 Å². The van der Waals surface area contributed by atoms with Crippen LogP contribution in [0.25, 0.3) is 16.3 Å². The molecule has 0 aliphatic carbocycles. The van der Waals surface area contributed by atoms with Crippen LogP contribution in [0.15, 0.2) is 58.6 Å². The van der Waals surface area contributed by atoms with Crippen LogP contribution < -0.4 is 11.2 Å². The summed E-state index contributed by atoms with van der Waals surface area (Å²) in [7, 11) is 0. The van der Waals surface area contributed by atoms with Crippen LogP contribution in [0.4, 0.5) is 0 Å². The molecule has 1 aromatic heterocycles. The first kappa shape index (κ1) is 17.9. The Hall–Kier alpha value is -2.92. The van der Waals surface area contributed by atoms with Gasteiger partial charge < -0.3 is 4.74 Å². The van der Waals surface area contributed by atoms with Gasteiger partial charge in [-0.25, -0.2) is 4.79 Å². The number of fused-ring (bicyclic) bond motifs is 1. The van der Waals surface area contributed by atoms with Gasteiger partial charge in [-0.15, -0.1) is 0 Å². The van der Waals surface area contributed by atoms with E-state index in [1.807, 2.05) is 56.3 Å². The molecule has 0 saturated heterocycles. The maximum atomic E-state index is 12.4. The molecule has 0 fully saturated rings. The third-order valence-corrected chi connectivity index (χ3v) is 4.47. The van der Waals surface area contributed by atoms with E-state index in [4.69, 9.17) is 4.74 Å². The monoisotopic (exact) mass is 350 g/mol. The van der Waals surface area contributed by atoms with E-state index in [0.29, 0.717) is 29.9 Å². The molecule has 1 heterocycles. The summed E-state index contributed by atoms with van der Waals surface area (Å²) >= 11 is 0. The average molecular weight is 350 g/mol. The Balaban J connectivity index is 2.29. The summed E-state index contributed by atoms with van der Waals surface area (Å²) in [5.74, 6) is 0. The second kappa shape index (κ2) is 7.54. The van der Waals surface area contributed by atoms with Crippen LogP contribution >= 0.6 is 0 Å². The molecule has 0 spiro atoms. The number of aromatic amines is 1. The highest BCUT2D eigenvalue weighted by Crippen LogP contribution is 2.29. The van der Waals surface area contributed by atoms with Crippen LogP contribution in [0.1, 0.15) is 30.7 Å². The second-order valence-electron chi connectivity index (χ2n) is 6.00. The number of hydrogen-bond acceptors (Lipinski definition) is 3. The number of nitrogens with zero attached hydrogens (tertiary/aromatic N) is 1. The second-order valence-corrected chi connectivity index (χ2v) is 6.00. The predicted molar refractivity (Wildman–Crippen MR) is 104 cm³/mol. The van der Waals surface area contributed by atoms with Crippen LogP contribution in [0, 0.1) is 0 Å². The Labute approximate surface area is 151 Å². The molecule has 3 aromatic rings. The lowest BCUT2D eigenvalue weighted by Crippen LogP contribution is -2.35. The minimum atomic E-state index is -0.489. The van der Waals surface area contributed by atoms with Gasteiger partial charge in [0, 0.05) is 12.2 Å². The van der Waals surface area contributed by atoms with E-state index >= 15 is 0 Å². The van der Waals surface area contributed by atoms with Crippen molar-refractivity contribution in [3.63, 3.8) is 0 Å². The average Bonchev–Trinajstić information content (AvgIpc) is 2.65. The Bertz CT molecular complexity index is 1070. The molecule has 5 heteroatoms. The molecule has 0 amide bonds. The molecule has 3 rings (SSSR count). The minimum absolute atomic E-state index is 0.0677. The topological polar surface area (TPSA) is 64.1 Å². The quantitative estimate of drug-likeness (QED) is 0.742. The number of hydrogen-bond donors (Lipinski definition) is 1. The van der Waals surface area contributed by atoms with E-state index in [9.17, 15) is 9.59 Å². The molecule has 0 aliphatic heterocycles. The van der Waals surface area contributed by atoms with Gasteiger partial charge in [0.2, 0.25) is 0 Å². The highest BCUT2D eigenvalue weighted by atomic mass is 16.5. The van der Waals surface area contributed by atoms with E-state index in [2.05, 4.69) is 11.6 Å². The lowest BCUT2D eigenvalue weighted by Gasteiger charge is -2.18. The molecule has 0 aliphatic rings. The molecule has 0 unspecified atom stereocenters. The summed E-state index contributed by atoms with van der Waals surface area (Å²) < 4.78 is 6.91. The van der Waals surface area contributed by atoms with Crippen LogP contribution in [-0.2, 0) is 17.9 Å². The molecular weight excluding hydrogens is 328 g/mol. The van der Waals surface area contributed by atoms with Crippen molar-refractivity contribution in [1.29, 1.82) is 0 Å². The third-order valence-electron chi connectivity index (χ3n) is 4.47. The number of benzene rings is 2. The highest BCUT2D eigenvalue weighted by Gasteiger charge is 2.18. The van der Waals surface area contributed by atoms with Crippen LogP contribution in [0.2, 0.25) is 0 Å². The van der Waals surface area contributed by atoms with Crippen molar-refractivity contribution >= 4 is 16.3 Å². The minimum Gasteiger partial charge on any atom is -0.361 e. The molecule has 0 radical (unpaired) electrons. The van der Waals surface area contributed by atoms with Crippen molar-refractivity contribution in [1.82, 2.24) is 9.55 Å². The number of rotatable bonds is 6. The smallest absolute Gasteiger partial charge is 0.330 e. The third kappa shape index (κ3) is 3.13. The molecule has 5 nitrogen and oxygen atoms in total. The predicted octanol–water partition coefficient (Wildman–Crippen LogP) is 3.31. The van der Waals surface area contributed by atoms with Gasteiger partial charge in [0.25, 0.3) is 5.56 Å². The number of aromatic nitrogens is 2. The van der Waals surface area contributed by atoms with E-state index in [1.165, 1.54) is 4.57 Å². The molecule has 0 atom stereocenters. The molecule has 0 saturated carbocycles. The largest absolute Gasteiger partial charge is 0.361 e. The molecule has 1 N–H and O–H groups in total. The van der Waals surface area contributed by atoms with Crippen molar-refractivity contribution in [2.24, 2.45) is 0 Å². The summed E-state index contributed by atoms with van der Waals surface area (Å²) in [5.41, 5.74) is 1.74. The van der Waals surface area contributed by atoms with Gasteiger partial charge in [-0.3, -0.25) is 14.3 Å². The lowest BCUT2D eigenvalue weighted by molar-refractivity contribution is 0.0835. The Morgan fingerprint density at radius 3 is 2.58 bits per heavy atom. The van der Waals surface area contributed by atoms with Gasteiger partial charge in [-0.2, -0.15) is 0 Å². The fraction of sp³-hybridized carbons (Fsp3) is 0.238. The first-order valence-electron chi connectivity index (χ1n) is 8.69. The van der Waals surface area contributed by atoms with Crippen LogP contribution in [0.5, 0.6) is 0 Å². The normalized spacial score (nSPS) is 11.0. The van der Waals surface area contributed by atoms with Crippen molar-refractivity contribution in [3.05, 3.63) is 86.7 Å². The molecule has 2 aromatic carbocycles. The van der Waals surface area contributed by atoms with E-state index in [-0.39, 0.29) is 12.3 Å². The molecule has 26 heavy (non-hydrogen) atoms. The van der Waals surface area contributed by atoms with Gasteiger partial charge in [-0.1, -0.05) is 56.0 Å². The number of nitrogens with one attached hydrogen (secondary N) is 1. The van der Waals surface area contributed by atoms with E-state index < -0.39 is 5.69 Å². The maximum Gasteiger partial charge on any atom is 0.330 e. The standard InChI is InChI=1S/C21H22N2O3/c1-4-16-19(23(13-26-5-2)21(25)22-20(16)24)14(3)17-12-8-10-15-9-6-7-11-18(15)17/h6-12H,3-5,13H2,1-2H3,(H,22,24,25). The Kier molecular flexibility index (Phi) is 5.19. The van der Waals surface area contributed by atoms with Crippen molar-refractivity contribution in [2.75, 3.05) is 6.61 Å². The molecule has 0 bridgehead atoms. The van der Waals surface area contributed by atoms with Gasteiger partial charge in [0.05, 0.1) is 5.69 Å². The first-order chi connectivity index (χ1) is 12.6. The van der Waals surface area contributed by atoms with E-state index in [0.717, 1.165) is 16.3 Å². The van der Waals surface area contributed by atoms with Gasteiger partial charge >= 0.3 is 5.69 Å².